The lowest BCUT2D eigenvalue weighted by molar-refractivity contribution is 0.136. The molecule has 0 aromatic heterocycles. The fourth-order valence-corrected chi connectivity index (χ4v) is 5.58. The highest BCUT2D eigenvalue weighted by Gasteiger charge is 2.33. The van der Waals surface area contributed by atoms with E-state index in [0.29, 0.717) is 12.1 Å². The molecule has 1 N–H and O–H groups in total. The van der Waals surface area contributed by atoms with Gasteiger partial charge in [-0.2, -0.15) is 0 Å². The number of halogens is 1. The van der Waals surface area contributed by atoms with Gasteiger partial charge in [-0.25, -0.2) is 0 Å². The van der Waals surface area contributed by atoms with Crippen LogP contribution < -0.4 is 5.32 Å². The molecule has 1 aliphatic carbocycles. The third kappa shape index (κ3) is 4.61. The van der Waals surface area contributed by atoms with Crippen LogP contribution in [0.3, 0.4) is 0 Å². The van der Waals surface area contributed by atoms with Gasteiger partial charge < -0.3 is 5.32 Å². The summed E-state index contributed by atoms with van der Waals surface area (Å²) in [4.78, 5) is 2.74. The van der Waals surface area contributed by atoms with Crippen molar-refractivity contribution in [3.63, 3.8) is 0 Å². The summed E-state index contributed by atoms with van der Waals surface area (Å²) in [6, 6.07) is 15.9. The number of nitrogens with zero attached hydrogens (tertiary/aromatic N) is 1. The van der Waals surface area contributed by atoms with Gasteiger partial charge in [0.15, 0.2) is 0 Å². The molecule has 0 fully saturated rings. The molecule has 2 unspecified atom stereocenters. The molecule has 2 nitrogen and oxygen atoms in total. The first kappa shape index (κ1) is 22.2. The Morgan fingerprint density at radius 3 is 2.71 bits per heavy atom. The topological polar surface area (TPSA) is 15.3 Å². The number of fused-ring (bicyclic) bond motifs is 1. The van der Waals surface area contributed by atoms with Crippen molar-refractivity contribution in [1.29, 1.82) is 0 Å². The summed E-state index contributed by atoms with van der Waals surface area (Å²) in [6.45, 7) is 10.2. The van der Waals surface area contributed by atoms with Crippen LogP contribution in [-0.4, -0.2) is 23.5 Å². The van der Waals surface area contributed by atoms with Crippen molar-refractivity contribution in [3.05, 3.63) is 87.1 Å². The number of aryl methyl sites for hydroxylation is 2. The molecule has 1 aliphatic heterocycles. The normalized spacial score (nSPS) is 22.4. The SMILES string of the molecule is CC/C=C(/NC1=C(C)CCN(C2CCc3cccc(C)c3C2)C1C)c1ccccc1Cl. The number of nitrogens with one attached hydrogen (secondary N) is 1. The van der Waals surface area contributed by atoms with Crippen LogP contribution in [0.1, 0.15) is 62.3 Å². The standard InChI is InChI=1S/C28H35ClN2/c1-5-9-27(24-12-6-7-13-26(24)29)30-28-20(3)16-17-31(21(28)4)23-15-14-22-11-8-10-19(2)25(22)18-23/h6-13,21,23,30H,5,14-18H2,1-4H3/b27-9+. The Hall–Kier alpha value is -2.03. The van der Waals surface area contributed by atoms with Crippen molar-refractivity contribution in [3.8, 4) is 0 Å². The summed E-state index contributed by atoms with van der Waals surface area (Å²) in [6.07, 6.45) is 7.95. The number of allylic oxidation sites excluding steroid dienone is 1. The third-order valence-corrected chi connectivity index (χ3v) is 7.45. The van der Waals surface area contributed by atoms with Crippen LogP contribution in [0.4, 0.5) is 0 Å². The van der Waals surface area contributed by atoms with Crippen LogP contribution in [0.2, 0.25) is 5.02 Å². The molecule has 1 heterocycles. The van der Waals surface area contributed by atoms with Crippen LogP contribution >= 0.6 is 11.6 Å². The summed E-state index contributed by atoms with van der Waals surface area (Å²) in [7, 11) is 0. The molecule has 3 heteroatoms. The maximum Gasteiger partial charge on any atom is 0.0499 e. The van der Waals surface area contributed by atoms with Crippen molar-refractivity contribution >= 4 is 17.3 Å². The zero-order chi connectivity index (χ0) is 22.0. The first-order valence-corrected chi connectivity index (χ1v) is 12.1. The molecule has 31 heavy (non-hydrogen) atoms. The van der Waals surface area contributed by atoms with Crippen molar-refractivity contribution in [1.82, 2.24) is 10.2 Å². The Bertz CT molecular complexity index is 1000. The fraction of sp³-hybridized carbons (Fsp3) is 0.429. The Kier molecular flexibility index (Phi) is 6.89. The van der Waals surface area contributed by atoms with Crippen LogP contribution in [0.5, 0.6) is 0 Å². The smallest absolute Gasteiger partial charge is 0.0499 e. The minimum atomic E-state index is 0.368. The van der Waals surface area contributed by atoms with E-state index in [1.807, 2.05) is 12.1 Å². The van der Waals surface area contributed by atoms with E-state index in [0.717, 1.165) is 35.7 Å². The Morgan fingerprint density at radius 2 is 1.94 bits per heavy atom. The van der Waals surface area contributed by atoms with Crippen molar-refractivity contribution in [2.45, 2.75) is 71.9 Å². The molecular formula is C28H35ClN2. The number of hydrogen-bond donors (Lipinski definition) is 1. The molecule has 0 bridgehead atoms. The molecule has 164 valence electrons. The number of benzene rings is 2. The lowest BCUT2D eigenvalue weighted by Crippen LogP contribution is -2.50. The van der Waals surface area contributed by atoms with Crippen LogP contribution in [0, 0.1) is 6.92 Å². The first-order chi connectivity index (χ1) is 15.0. The molecule has 0 spiro atoms. The van der Waals surface area contributed by atoms with Gasteiger partial charge in [0, 0.05) is 40.6 Å². The van der Waals surface area contributed by atoms with Crippen molar-refractivity contribution in [2.24, 2.45) is 0 Å². The van der Waals surface area contributed by atoms with Crippen LogP contribution in [0.15, 0.2) is 59.8 Å². The van der Waals surface area contributed by atoms with E-state index < -0.39 is 0 Å². The molecule has 4 rings (SSSR count). The van der Waals surface area contributed by atoms with Crippen LogP contribution in [-0.2, 0) is 12.8 Å². The largest absolute Gasteiger partial charge is 0.357 e. The first-order valence-electron chi connectivity index (χ1n) is 11.7. The highest BCUT2D eigenvalue weighted by molar-refractivity contribution is 6.32. The van der Waals surface area contributed by atoms with E-state index in [4.69, 9.17) is 11.6 Å². The predicted octanol–water partition coefficient (Wildman–Crippen LogP) is 6.91. The maximum atomic E-state index is 6.55. The zero-order valence-corrected chi connectivity index (χ0v) is 20.1. The number of rotatable bonds is 5. The van der Waals surface area contributed by atoms with Gasteiger partial charge in [0.05, 0.1) is 0 Å². The maximum absolute atomic E-state index is 6.55. The summed E-state index contributed by atoms with van der Waals surface area (Å²) < 4.78 is 0. The monoisotopic (exact) mass is 434 g/mol. The lowest BCUT2D eigenvalue weighted by Gasteiger charge is -2.44. The van der Waals surface area contributed by atoms with E-state index in [9.17, 15) is 0 Å². The average Bonchev–Trinajstić information content (AvgIpc) is 2.77. The molecule has 0 saturated carbocycles. The van der Waals surface area contributed by atoms with E-state index >= 15 is 0 Å². The predicted molar refractivity (Wildman–Crippen MR) is 133 cm³/mol. The van der Waals surface area contributed by atoms with Gasteiger partial charge in [-0.15, -0.1) is 0 Å². The molecule has 2 aliphatic rings. The average molecular weight is 435 g/mol. The summed E-state index contributed by atoms with van der Waals surface area (Å²) in [5.41, 5.74) is 9.60. The van der Waals surface area contributed by atoms with E-state index in [-0.39, 0.29) is 0 Å². The molecule has 0 amide bonds. The van der Waals surface area contributed by atoms with Gasteiger partial charge in [-0.1, -0.05) is 66.6 Å². The lowest BCUT2D eigenvalue weighted by atomic mass is 9.83. The second-order valence-electron chi connectivity index (χ2n) is 9.10. The Morgan fingerprint density at radius 1 is 1.13 bits per heavy atom. The van der Waals surface area contributed by atoms with Gasteiger partial charge in [-0.3, -0.25) is 4.90 Å². The highest BCUT2D eigenvalue weighted by atomic mass is 35.5. The van der Waals surface area contributed by atoms with Gasteiger partial charge in [0.1, 0.15) is 0 Å². The molecular weight excluding hydrogens is 400 g/mol. The summed E-state index contributed by atoms with van der Waals surface area (Å²) in [5, 5.41) is 4.63. The second-order valence-corrected chi connectivity index (χ2v) is 9.51. The van der Waals surface area contributed by atoms with Crippen molar-refractivity contribution < 1.29 is 0 Å². The molecule has 0 saturated heterocycles. The van der Waals surface area contributed by atoms with Gasteiger partial charge in [0.2, 0.25) is 0 Å². The fourth-order valence-electron chi connectivity index (χ4n) is 5.35. The zero-order valence-electron chi connectivity index (χ0n) is 19.3. The summed E-state index contributed by atoms with van der Waals surface area (Å²) >= 11 is 6.55. The van der Waals surface area contributed by atoms with Gasteiger partial charge in [-0.05, 0) is 75.6 Å². The van der Waals surface area contributed by atoms with E-state index in [2.05, 4.69) is 74.3 Å². The van der Waals surface area contributed by atoms with E-state index in [1.54, 1.807) is 11.1 Å². The number of hydrogen-bond acceptors (Lipinski definition) is 2. The third-order valence-electron chi connectivity index (χ3n) is 7.12. The van der Waals surface area contributed by atoms with Crippen LogP contribution in [0.25, 0.3) is 5.70 Å². The van der Waals surface area contributed by atoms with Gasteiger partial charge >= 0.3 is 0 Å². The second kappa shape index (κ2) is 9.63. The molecule has 2 aromatic rings. The molecule has 0 radical (unpaired) electrons. The summed E-state index contributed by atoms with van der Waals surface area (Å²) in [5.74, 6) is 0. The Labute approximate surface area is 193 Å². The Balaban J connectivity index is 1.57. The van der Waals surface area contributed by atoms with E-state index in [1.165, 1.54) is 36.1 Å². The van der Waals surface area contributed by atoms with Crippen molar-refractivity contribution in [2.75, 3.05) is 6.54 Å². The minimum Gasteiger partial charge on any atom is -0.357 e. The quantitative estimate of drug-likeness (QED) is 0.549. The highest BCUT2D eigenvalue weighted by Crippen LogP contribution is 2.33. The minimum absolute atomic E-state index is 0.368. The van der Waals surface area contributed by atoms with Gasteiger partial charge in [0.25, 0.3) is 0 Å². The molecule has 2 aromatic carbocycles. The molecule has 2 atom stereocenters.